The van der Waals surface area contributed by atoms with E-state index in [9.17, 15) is 29.7 Å². The van der Waals surface area contributed by atoms with Gasteiger partial charge in [-0.3, -0.25) is 0 Å². The molecule has 3 aromatic carbocycles. The van der Waals surface area contributed by atoms with Gasteiger partial charge in [-0.25, -0.2) is 0 Å². The number of aliphatic hydroxyl groups is 2. The fourth-order valence-electron chi connectivity index (χ4n) is 2.54. The van der Waals surface area contributed by atoms with Crippen LogP contribution < -0.4 is 30.6 Å². The summed E-state index contributed by atoms with van der Waals surface area (Å²) < 4.78 is 1.69. The van der Waals surface area contributed by atoms with Gasteiger partial charge in [-0.1, -0.05) is 36.4 Å². The minimum atomic E-state index is -1.36. The first kappa shape index (κ1) is 68.0. The summed E-state index contributed by atoms with van der Waals surface area (Å²) in [7, 11) is 12.3. The molecule has 19 nitrogen and oxygen atoms in total. The molecule has 0 aliphatic rings. The van der Waals surface area contributed by atoms with Gasteiger partial charge in [0.2, 0.25) is 0 Å². The normalized spacial score (nSPS) is 8.95. The van der Waals surface area contributed by atoms with Crippen LogP contribution in [-0.4, -0.2) is 185 Å². The number of aromatic hydroxyl groups is 3. The summed E-state index contributed by atoms with van der Waals surface area (Å²) in [6, 6.07) is 16.9. The number of hydrogen-bond donors (Lipinski definition) is 5. The van der Waals surface area contributed by atoms with Gasteiger partial charge in [0.15, 0.2) is 0 Å². The zero-order chi connectivity index (χ0) is 45.2. The van der Waals surface area contributed by atoms with Crippen molar-refractivity contribution >= 4 is 81.9 Å². The van der Waals surface area contributed by atoms with E-state index in [4.69, 9.17) is 55.2 Å². The minimum Gasteiger partial charge on any atom is -0.550 e. The summed E-state index contributed by atoms with van der Waals surface area (Å²) in [5.41, 5.74) is -0.535. The van der Waals surface area contributed by atoms with Crippen molar-refractivity contribution in [1.29, 1.82) is 0 Å². The molecule has 0 unspecified atom stereocenters. The van der Waals surface area contributed by atoms with Gasteiger partial charge >= 0.3 is 46.1 Å². The third kappa shape index (κ3) is 55.6. The summed E-state index contributed by atoms with van der Waals surface area (Å²) >= 11 is 0. The number of carbonyl (C=O) groups is 6. The van der Waals surface area contributed by atoms with Crippen LogP contribution in [0.15, 0.2) is 72.8 Å². The van der Waals surface area contributed by atoms with E-state index < -0.39 is 35.8 Å². The second kappa shape index (κ2) is 39.1. The molecule has 313 valence electrons. The predicted molar refractivity (Wildman–Crippen MR) is 200 cm³/mol. The molecular formula is C37H49Mg2N2O17. The summed E-state index contributed by atoms with van der Waals surface area (Å²) in [5.74, 6) is -8.87. The Morgan fingerprint density at radius 1 is 0.448 bits per heavy atom. The van der Waals surface area contributed by atoms with Crippen molar-refractivity contribution in [2.45, 2.75) is 0 Å². The number of aliphatic carboxylic acids is 3. The van der Waals surface area contributed by atoms with Crippen LogP contribution >= 0.6 is 0 Å². The van der Waals surface area contributed by atoms with Crippen molar-refractivity contribution in [3.05, 3.63) is 110 Å². The number of aliphatic hydroxyl groups excluding tert-OH is 2. The number of carbonyl (C=O) groups excluding carboxylic acids is 6. The smallest absolute Gasteiger partial charge is 0.550 e. The van der Waals surface area contributed by atoms with Gasteiger partial charge in [0.05, 0.1) is 73.4 Å². The van der Waals surface area contributed by atoms with Crippen LogP contribution in [0.25, 0.3) is 0 Å². The van der Waals surface area contributed by atoms with E-state index in [-0.39, 0.29) is 93.3 Å². The average molecular weight is 842 g/mol. The summed E-state index contributed by atoms with van der Waals surface area (Å²) in [5, 5.41) is 100. The zero-order valence-electron chi connectivity index (χ0n) is 33.3. The fourth-order valence-corrected chi connectivity index (χ4v) is 2.54. The predicted octanol–water partition coefficient (Wildman–Crippen LogP) is -6.41. The first-order valence-corrected chi connectivity index (χ1v) is 15.4. The molecule has 3 aromatic rings. The van der Waals surface area contributed by atoms with Crippen LogP contribution in [0.2, 0.25) is 0 Å². The molecule has 0 aromatic heterocycles. The topological polar surface area (TPSA) is 342 Å². The van der Waals surface area contributed by atoms with Crippen molar-refractivity contribution in [3.8, 4) is 17.2 Å². The third-order valence-electron chi connectivity index (χ3n) is 4.91. The Balaban J connectivity index is -0.000000105. The quantitative estimate of drug-likeness (QED) is 0.109. The largest absolute Gasteiger partial charge is 2.00 e. The van der Waals surface area contributed by atoms with Crippen molar-refractivity contribution in [3.63, 3.8) is 0 Å². The van der Waals surface area contributed by atoms with E-state index in [1.54, 1.807) is 18.2 Å². The Bertz CT molecular complexity index is 1410. The van der Waals surface area contributed by atoms with E-state index in [0.29, 0.717) is 0 Å². The number of carboxylic acid groups (broad SMARTS) is 6. The van der Waals surface area contributed by atoms with Crippen LogP contribution in [0.1, 0.15) is 31.1 Å². The molecule has 5 N–H and O–H groups in total. The molecular weight excluding hydrogens is 793 g/mol. The molecule has 0 atom stereocenters. The SMILES string of the molecule is C[N+](C)(C)CCO.C[N+](C)(C)CCO.O=C([O-])c1ccccc1O.O=C([O-])c1ccccc1O.O=C([O-])c1ccccc1O.[CH2]C(=O)[O-].[CH2]C(=O)[O-].[CH2]C(=O)[O-].[Mg+2].[Mg+2]. The number of rotatable bonds is 7. The van der Waals surface area contributed by atoms with Crippen LogP contribution in [0.3, 0.4) is 0 Å². The number of carboxylic acids is 6. The van der Waals surface area contributed by atoms with Gasteiger partial charge in [0.1, 0.15) is 30.3 Å². The Kier molecular flexibility index (Phi) is 45.8. The number of phenols is 3. The van der Waals surface area contributed by atoms with Crippen LogP contribution in [0, 0.1) is 20.8 Å². The molecule has 0 fully saturated rings. The Hall–Kier alpha value is -4.75. The molecule has 0 aliphatic heterocycles. The molecule has 0 amide bonds. The molecule has 3 rings (SSSR count). The van der Waals surface area contributed by atoms with E-state index in [0.717, 1.165) is 22.1 Å². The van der Waals surface area contributed by atoms with Gasteiger partial charge in [0, 0.05) is 34.6 Å². The van der Waals surface area contributed by atoms with E-state index >= 15 is 0 Å². The number of benzene rings is 3. The maximum absolute atomic E-state index is 10.2. The monoisotopic (exact) mass is 841 g/mol. The number of quaternary nitrogens is 2. The van der Waals surface area contributed by atoms with Crippen molar-refractivity contribution in [1.82, 2.24) is 0 Å². The van der Waals surface area contributed by atoms with Crippen LogP contribution in [0.4, 0.5) is 0 Å². The number of likely N-dealkylation sites (N-methyl/N-ethyl adjacent to an activating group) is 2. The van der Waals surface area contributed by atoms with Gasteiger partial charge in [-0.15, -0.1) is 0 Å². The third-order valence-corrected chi connectivity index (χ3v) is 4.91. The zero-order valence-corrected chi connectivity index (χ0v) is 36.2. The number of nitrogens with zero attached hydrogens (tertiary/aromatic N) is 2. The molecule has 21 heteroatoms. The van der Waals surface area contributed by atoms with E-state index in [1.165, 1.54) is 54.6 Å². The van der Waals surface area contributed by atoms with Gasteiger partial charge in [-0.05, 0) is 57.2 Å². The summed E-state index contributed by atoms with van der Waals surface area (Å²) in [6.07, 6.45) is 0. The Morgan fingerprint density at radius 3 is 0.672 bits per heavy atom. The van der Waals surface area contributed by atoms with Crippen molar-refractivity contribution < 1.29 is 93.9 Å². The van der Waals surface area contributed by atoms with Crippen molar-refractivity contribution in [2.75, 3.05) is 68.6 Å². The minimum absolute atomic E-state index is 0. The maximum Gasteiger partial charge on any atom is 2.00 e. The summed E-state index contributed by atoms with van der Waals surface area (Å²) in [6.45, 7) is 9.56. The molecule has 0 heterocycles. The second-order valence-corrected chi connectivity index (χ2v) is 12.0. The first-order valence-electron chi connectivity index (χ1n) is 15.4. The fraction of sp³-hybridized carbons (Fsp3) is 0.270. The van der Waals surface area contributed by atoms with Crippen LogP contribution in [0.5, 0.6) is 17.2 Å². The Labute approximate surface area is 370 Å². The molecule has 0 saturated heterocycles. The van der Waals surface area contributed by atoms with Gasteiger partial charge < -0.3 is 93.9 Å². The molecule has 0 saturated carbocycles. The molecule has 0 bridgehead atoms. The van der Waals surface area contributed by atoms with E-state index in [1.807, 2.05) is 0 Å². The van der Waals surface area contributed by atoms with Crippen molar-refractivity contribution in [2.24, 2.45) is 0 Å². The van der Waals surface area contributed by atoms with Gasteiger partial charge in [-0.2, -0.15) is 0 Å². The molecule has 3 radical (unpaired) electrons. The number of aromatic carboxylic acids is 3. The first-order chi connectivity index (χ1) is 25.5. The van der Waals surface area contributed by atoms with Gasteiger partial charge in [0.25, 0.3) is 0 Å². The Morgan fingerprint density at radius 2 is 0.603 bits per heavy atom. The second-order valence-electron chi connectivity index (χ2n) is 12.0. The van der Waals surface area contributed by atoms with Crippen LogP contribution in [-0.2, 0) is 14.4 Å². The number of hydrogen-bond acceptors (Lipinski definition) is 17. The molecule has 0 aliphatic carbocycles. The molecule has 0 spiro atoms. The molecule has 58 heavy (non-hydrogen) atoms. The standard InChI is InChI=1S/3C7H6O3.2C5H14NO.3C2H3O2.2Mg/c3*8-6-4-2-1-3-5(6)7(9)10;2*1-6(2,3)4-5-7;3*1-2(3)4;;/h3*1-4,8H,(H,9,10);2*7H,4-5H2,1-3H3;3*1H2,(H,3,4);;/q;;;2*+1;;;;2*+2/p-6. The average Bonchev–Trinajstić information content (AvgIpc) is 3.01. The summed E-state index contributed by atoms with van der Waals surface area (Å²) in [4.78, 5) is 56.8. The maximum atomic E-state index is 10.2. The van der Waals surface area contributed by atoms with E-state index in [2.05, 4.69) is 63.1 Å². The number of para-hydroxylation sites is 3.